The molecule has 98 valence electrons. The molecule has 1 heterocycles. The molecule has 2 rings (SSSR count). The standard InChI is InChI=1S/C11H13N7O/c1-18(7-5-3-2-4-6-7)11-15-9(8(12)17-19)14-10(13)16-11/h2-6,19H,1H3,(H2,12,17)(H2,13,14,15,16). The SMILES string of the molecule is CN(c1ccccc1)c1nc(N)nc(/C(N)=N/O)n1. The van der Waals surface area contributed by atoms with Crippen LogP contribution in [0.5, 0.6) is 0 Å². The summed E-state index contributed by atoms with van der Waals surface area (Å²) in [6, 6.07) is 9.47. The highest BCUT2D eigenvalue weighted by atomic mass is 16.4. The summed E-state index contributed by atoms with van der Waals surface area (Å²) in [5.74, 6) is 0.0965. The van der Waals surface area contributed by atoms with Crippen LogP contribution in [0.25, 0.3) is 0 Å². The van der Waals surface area contributed by atoms with Crippen LogP contribution in [0.1, 0.15) is 5.82 Å². The van der Waals surface area contributed by atoms with E-state index in [1.165, 1.54) is 0 Å². The van der Waals surface area contributed by atoms with Gasteiger partial charge in [-0.25, -0.2) is 0 Å². The molecule has 8 heteroatoms. The lowest BCUT2D eigenvalue weighted by Gasteiger charge is -2.17. The normalized spacial score (nSPS) is 11.3. The molecule has 0 atom stereocenters. The summed E-state index contributed by atoms with van der Waals surface area (Å²) in [6.07, 6.45) is 0. The molecule has 0 fully saturated rings. The summed E-state index contributed by atoms with van der Waals surface area (Å²) >= 11 is 0. The van der Waals surface area contributed by atoms with Gasteiger partial charge in [-0.05, 0) is 12.1 Å². The zero-order valence-corrected chi connectivity index (χ0v) is 10.2. The predicted molar refractivity (Wildman–Crippen MR) is 71.3 cm³/mol. The molecule has 5 N–H and O–H groups in total. The van der Waals surface area contributed by atoms with Gasteiger partial charge in [-0.15, -0.1) is 0 Å². The minimum Gasteiger partial charge on any atom is -0.409 e. The van der Waals surface area contributed by atoms with Crippen LogP contribution in [0.4, 0.5) is 17.6 Å². The summed E-state index contributed by atoms with van der Waals surface area (Å²) in [6.45, 7) is 0. The number of nitrogen functional groups attached to an aromatic ring is 1. The lowest BCUT2D eigenvalue weighted by molar-refractivity contribution is 0.318. The van der Waals surface area contributed by atoms with Gasteiger partial charge in [0.05, 0.1) is 0 Å². The first kappa shape index (κ1) is 12.6. The van der Waals surface area contributed by atoms with Crippen molar-refractivity contribution in [2.75, 3.05) is 17.7 Å². The zero-order chi connectivity index (χ0) is 13.8. The number of nitrogens with zero attached hydrogens (tertiary/aromatic N) is 5. The van der Waals surface area contributed by atoms with Crippen molar-refractivity contribution in [3.63, 3.8) is 0 Å². The van der Waals surface area contributed by atoms with Gasteiger partial charge in [0.15, 0.2) is 0 Å². The van der Waals surface area contributed by atoms with E-state index in [2.05, 4.69) is 20.1 Å². The highest BCUT2D eigenvalue weighted by molar-refractivity contribution is 5.93. The molecule has 0 saturated carbocycles. The monoisotopic (exact) mass is 259 g/mol. The minimum absolute atomic E-state index is 0.00520. The van der Waals surface area contributed by atoms with Gasteiger partial charge in [-0.2, -0.15) is 15.0 Å². The molecule has 1 aromatic heterocycles. The first-order valence-electron chi connectivity index (χ1n) is 5.40. The Bertz CT molecular complexity index is 599. The molecule has 0 amide bonds. The number of hydrogen-bond acceptors (Lipinski definition) is 7. The largest absolute Gasteiger partial charge is 0.409 e. The van der Waals surface area contributed by atoms with E-state index in [1.54, 1.807) is 11.9 Å². The van der Waals surface area contributed by atoms with Crippen LogP contribution in [0, 0.1) is 0 Å². The van der Waals surface area contributed by atoms with Gasteiger partial charge < -0.3 is 21.6 Å². The fourth-order valence-electron chi connectivity index (χ4n) is 1.46. The molecule has 0 bridgehead atoms. The van der Waals surface area contributed by atoms with E-state index >= 15 is 0 Å². The van der Waals surface area contributed by atoms with Crippen LogP contribution < -0.4 is 16.4 Å². The van der Waals surface area contributed by atoms with Gasteiger partial charge in [-0.1, -0.05) is 23.4 Å². The number of amidine groups is 1. The Kier molecular flexibility index (Phi) is 3.42. The Morgan fingerprint density at radius 3 is 2.53 bits per heavy atom. The lowest BCUT2D eigenvalue weighted by atomic mass is 10.3. The lowest BCUT2D eigenvalue weighted by Crippen LogP contribution is -2.22. The fraction of sp³-hybridized carbons (Fsp3) is 0.0909. The van der Waals surface area contributed by atoms with Crippen LogP contribution >= 0.6 is 0 Å². The summed E-state index contributed by atoms with van der Waals surface area (Å²) < 4.78 is 0. The molecular weight excluding hydrogens is 246 g/mol. The summed E-state index contributed by atoms with van der Waals surface area (Å²) in [5.41, 5.74) is 11.9. The zero-order valence-electron chi connectivity index (χ0n) is 10.2. The molecule has 19 heavy (non-hydrogen) atoms. The second-order valence-corrected chi connectivity index (χ2v) is 3.70. The van der Waals surface area contributed by atoms with Crippen molar-refractivity contribution >= 4 is 23.4 Å². The molecule has 0 aliphatic rings. The average Bonchev–Trinajstić information content (AvgIpc) is 2.45. The Morgan fingerprint density at radius 1 is 1.21 bits per heavy atom. The van der Waals surface area contributed by atoms with E-state index < -0.39 is 0 Å². The number of hydrogen-bond donors (Lipinski definition) is 3. The van der Waals surface area contributed by atoms with Gasteiger partial charge in [-0.3, -0.25) is 0 Å². The minimum atomic E-state index is -0.225. The van der Waals surface area contributed by atoms with Crippen LogP contribution in [-0.2, 0) is 0 Å². The Morgan fingerprint density at radius 2 is 1.89 bits per heavy atom. The summed E-state index contributed by atoms with van der Waals surface area (Å²) in [5, 5.41) is 11.5. The highest BCUT2D eigenvalue weighted by Crippen LogP contribution is 2.19. The molecule has 0 radical (unpaired) electrons. The van der Waals surface area contributed by atoms with Crippen molar-refractivity contribution in [1.82, 2.24) is 15.0 Å². The van der Waals surface area contributed by atoms with E-state index in [1.807, 2.05) is 30.3 Å². The van der Waals surface area contributed by atoms with Crippen molar-refractivity contribution in [3.8, 4) is 0 Å². The van der Waals surface area contributed by atoms with Crippen molar-refractivity contribution in [3.05, 3.63) is 36.2 Å². The molecule has 2 aromatic rings. The highest BCUT2D eigenvalue weighted by Gasteiger charge is 2.12. The van der Waals surface area contributed by atoms with Gasteiger partial charge in [0.1, 0.15) is 0 Å². The maximum Gasteiger partial charge on any atom is 0.235 e. The van der Waals surface area contributed by atoms with Crippen molar-refractivity contribution in [2.24, 2.45) is 10.9 Å². The second-order valence-electron chi connectivity index (χ2n) is 3.70. The number of rotatable bonds is 3. The molecule has 0 unspecified atom stereocenters. The van der Waals surface area contributed by atoms with Crippen LogP contribution in [0.15, 0.2) is 35.5 Å². The van der Waals surface area contributed by atoms with Crippen molar-refractivity contribution in [1.29, 1.82) is 0 Å². The van der Waals surface area contributed by atoms with Crippen LogP contribution in [0.3, 0.4) is 0 Å². The molecule has 0 saturated heterocycles. The van der Waals surface area contributed by atoms with E-state index in [-0.39, 0.29) is 17.6 Å². The number of anilines is 3. The first-order chi connectivity index (χ1) is 9.11. The van der Waals surface area contributed by atoms with Crippen LogP contribution in [-0.4, -0.2) is 33.0 Å². The molecule has 1 aromatic carbocycles. The number of nitrogens with two attached hydrogens (primary N) is 2. The third kappa shape index (κ3) is 2.68. The summed E-state index contributed by atoms with van der Waals surface area (Å²) in [4.78, 5) is 13.6. The topological polar surface area (TPSA) is 127 Å². The van der Waals surface area contributed by atoms with Gasteiger partial charge in [0.25, 0.3) is 0 Å². The van der Waals surface area contributed by atoms with E-state index in [0.717, 1.165) is 5.69 Å². The first-order valence-corrected chi connectivity index (χ1v) is 5.40. The number of aromatic nitrogens is 3. The van der Waals surface area contributed by atoms with Crippen molar-refractivity contribution in [2.45, 2.75) is 0 Å². The maximum absolute atomic E-state index is 8.63. The Hall–Kier alpha value is -2.90. The number of oxime groups is 1. The molecule has 0 aliphatic carbocycles. The van der Waals surface area contributed by atoms with Gasteiger partial charge >= 0.3 is 0 Å². The van der Waals surface area contributed by atoms with Crippen molar-refractivity contribution < 1.29 is 5.21 Å². The quantitative estimate of drug-likeness (QED) is 0.313. The van der Waals surface area contributed by atoms with E-state index in [0.29, 0.717) is 5.95 Å². The molecular formula is C11H13N7O. The average molecular weight is 259 g/mol. The van der Waals surface area contributed by atoms with E-state index in [9.17, 15) is 0 Å². The number of benzene rings is 1. The third-order valence-corrected chi connectivity index (χ3v) is 2.42. The van der Waals surface area contributed by atoms with Crippen LogP contribution in [0.2, 0.25) is 0 Å². The molecule has 0 aliphatic heterocycles. The Balaban J connectivity index is 2.43. The number of para-hydroxylation sites is 1. The predicted octanol–water partition coefficient (Wildman–Crippen LogP) is 0.316. The second kappa shape index (κ2) is 5.17. The Labute approximate surface area is 109 Å². The smallest absolute Gasteiger partial charge is 0.235 e. The molecule has 8 nitrogen and oxygen atoms in total. The maximum atomic E-state index is 8.63. The van der Waals surface area contributed by atoms with E-state index in [4.69, 9.17) is 16.7 Å². The summed E-state index contributed by atoms with van der Waals surface area (Å²) in [7, 11) is 1.78. The van der Waals surface area contributed by atoms with Gasteiger partial charge in [0.2, 0.25) is 23.6 Å². The molecule has 0 spiro atoms. The third-order valence-electron chi connectivity index (χ3n) is 2.42. The van der Waals surface area contributed by atoms with Gasteiger partial charge in [0, 0.05) is 12.7 Å². The fourth-order valence-corrected chi connectivity index (χ4v) is 1.46.